The Hall–Kier alpha value is -0.620. The number of nitrogens with zero attached hydrogens (tertiary/aromatic N) is 1. The van der Waals surface area contributed by atoms with E-state index in [1.165, 1.54) is 6.26 Å². The molecule has 0 aliphatic carbocycles. The number of hydrogen-bond acceptors (Lipinski definition) is 3. The van der Waals surface area contributed by atoms with E-state index in [1.54, 1.807) is 0 Å². The van der Waals surface area contributed by atoms with Gasteiger partial charge in [0.2, 0.25) is 0 Å². The zero-order valence-corrected chi connectivity index (χ0v) is 10.4. The summed E-state index contributed by atoms with van der Waals surface area (Å²) in [5.41, 5.74) is 0. The van der Waals surface area contributed by atoms with Gasteiger partial charge in [0.15, 0.2) is 6.54 Å². The minimum absolute atomic E-state index is 0.0683. The van der Waals surface area contributed by atoms with Crippen LogP contribution in [-0.4, -0.2) is 63.2 Å². The Morgan fingerprint density at radius 3 is 2.20 bits per heavy atom. The second-order valence-electron chi connectivity index (χ2n) is 4.55. The third-order valence-electron chi connectivity index (χ3n) is 2.09. The number of rotatable bonds is 7. The van der Waals surface area contributed by atoms with Crippen LogP contribution in [0.15, 0.2) is 0 Å². The van der Waals surface area contributed by atoms with E-state index in [0.29, 0.717) is 17.4 Å². The number of carboxylic acids is 1. The van der Waals surface area contributed by atoms with Crippen LogP contribution in [0.3, 0.4) is 0 Å². The third kappa shape index (κ3) is 9.68. The van der Waals surface area contributed by atoms with Crippen LogP contribution < -0.4 is 0 Å². The smallest absolute Gasteiger partial charge is 0.359 e. The molecule has 0 rings (SSSR count). The lowest BCUT2D eigenvalue weighted by Gasteiger charge is -2.27. The Bertz CT molecular complexity index is 308. The van der Waals surface area contributed by atoms with Gasteiger partial charge in [-0.1, -0.05) is 0 Å². The average Bonchev–Trinajstić information content (AvgIpc) is 1.93. The summed E-state index contributed by atoms with van der Waals surface area (Å²) in [5, 5.41) is 8.62. The molecular formula is C9H20NO4S+. The molecule has 15 heavy (non-hydrogen) atoms. The van der Waals surface area contributed by atoms with E-state index >= 15 is 0 Å². The second kappa shape index (κ2) is 5.46. The fraction of sp³-hybridized carbons (Fsp3) is 0.889. The highest BCUT2D eigenvalue weighted by molar-refractivity contribution is 7.90. The van der Waals surface area contributed by atoms with Crippen molar-refractivity contribution in [3.05, 3.63) is 0 Å². The first-order chi connectivity index (χ1) is 6.62. The molecule has 0 aliphatic rings. The predicted octanol–water partition coefficient (Wildman–Crippen LogP) is -0.0278. The van der Waals surface area contributed by atoms with Gasteiger partial charge in [0.25, 0.3) is 0 Å². The first-order valence-corrected chi connectivity index (χ1v) is 6.90. The summed E-state index contributed by atoms with van der Waals surface area (Å²) < 4.78 is 22.1. The molecule has 6 heteroatoms. The molecular weight excluding hydrogens is 218 g/mol. The zero-order chi connectivity index (χ0) is 12.1. The van der Waals surface area contributed by atoms with E-state index in [2.05, 4.69) is 0 Å². The maximum absolute atomic E-state index is 10.8. The molecule has 0 aromatic rings. The lowest BCUT2D eigenvalue weighted by molar-refractivity contribution is -0.883. The first-order valence-electron chi connectivity index (χ1n) is 4.84. The third-order valence-corrected chi connectivity index (χ3v) is 3.12. The highest BCUT2D eigenvalue weighted by Crippen LogP contribution is 2.02. The van der Waals surface area contributed by atoms with Crippen molar-refractivity contribution >= 4 is 15.8 Å². The topological polar surface area (TPSA) is 71.4 Å². The largest absolute Gasteiger partial charge is 0.477 e. The van der Waals surface area contributed by atoms with Crippen molar-refractivity contribution in [3.63, 3.8) is 0 Å². The molecule has 0 radical (unpaired) electrons. The lowest BCUT2D eigenvalue weighted by atomic mass is 10.3. The van der Waals surface area contributed by atoms with Gasteiger partial charge in [-0.2, -0.15) is 0 Å². The number of likely N-dealkylation sites (N-methyl/N-ethyl adjacent to an activating group) is 1. The highest BCUT2D eigenvalue weighted by Gasteiger charge is 2.18. The summed E-state index contributed by atoms with van der Waals surface area (Å²) in [6, 6.07) is 0. The van der Waals surface area contributed by atoms with E-state index in [-0.39, 0.29) is 12.3 Å². The molecule has 0 aromatic heterocycles. The number of carbonyl (C=O) groups is 1. The molecule has 0 unspecified atom stereocenters. The van der Waals surface area contributed by atoms with Crippen molar-refractivity contribution in [1.82, 2.24) is 0 Å². The van der Waals surface area contributed by atoms with E-state index < -0.39 is 15.8 Å². The Labute approximate surface area is 91.2 Å². The van der Waals surface area contributed by atoms with E-state index in [9.17, 15) is 13.2 Å². The molecule has 90 valence electrons. The number of unbranched alkanes of at least 4 members (excludes halogenated alkanes) is 1. The van der Waals surface area contributed by atoms with Crippen molar-refractivity contribution in [1.29, 1.82) is 0 Å². The quantitative estimate of drug-likeness (QED) is 0.499. The molecule has 0 heterocycles. The summed E-state index contributed by atoms with van der Waals surface area (Å²) in [4.78, 5) is 10.5. The Balaban J connectivity index is 3.80. The molecule has 0 bridgehead atoms. The number of aliphatic carboxylic acids is 1. The predicted molar refractivity (Wildman–Crippen MR) is 58.4 cm³/mol. The molecule has 0 aromatic carbocycles. The van der Waals surface area contributed by atoms with Crippen LogP contribution in [0.4, 0.5) is 0 Å². The van der Waals surface area contributed by atoms with Crippen LogP contribution in [0.5, 0.6) is 0 Å². The number of carboxylic acid groups (broad SMARTS) is 1. The summed E-state index contributed by atoms with van der Waals surface area (Å²) in [6.45, 7) is 0.751. The van der Waals surface area contributed by atoms with Crippen LogP contribution in [0.2, 0.25) is 0 Å². The van der Waals surface area contributed by atoms with Crippen molar-refractivity contribution in [2.24, 2.45) is 0 Å². The standard InChI is InChI=1S/C9H19NO4S/c1-10(2,8-9(11)12)6-4-5-7-15(3,13)14/h4-8H2,1-3H3/p+1. The normalized spacial score (nSPS) is 12.7. The average molecular weight is 238 g/mol. The van der Waals surface area contributed by atoms with Crippen molar-refractivity contribution < 1.29 is 22.8 Å². The number of sulfone groups is 1. The fourth-order valence-electron chi connectivity index (χ4n) is 1.35. The van der Waals surface area contributed by atoms with Crippen molar-refractivity contribution in [2.45, 2.75) is 12.8 Å². The zero-order valence-electron chi connectivity index (χ0n) is 9.56. The van der Waals surface area contributed by atoms with Gasteiger partial charge >= 0.3 is 5.97 Å². The number of quaternary nitrogens is 1. The summed E-state index contributed by atoms with van der Waals surface area (Å²) in [6.07, 6.45) is 2.54. The van der Waals surface area contributed by atoms with Crippen LogP contribution in [0, 0.1) is 0 Å². The van der Waals surface area contributed by atoms with E-state index in [4.69, 9.17) is 5.11 Å². The molecule has 0 atom stereocenters. The van der Waals surface area contributed by atoms with Crippen molar-refractivity contribution in [3.8, 4) is 0 Å². The highest BCUT2D eigenvalue weighted by atomic mass is 32.2. The molecule has 0 amide bonds. The van der Waals surface area contributed by atoms with Gasteiger partial charge in [0.1, 0.15) is 9.84 Å². The molecule has 1 N–H and O–H groups in total. The van der Waals surface area contributed by atoms with Crippen molar-refractivity contribution in [2.75, 3.05) is 39.2 Å². The van der Waals surface area contributed by atoms with Crippen LogP contribution >= 0.6 is 0 Å². The van der Waals surface area contributed by atoms with Gasteiger partial charge in [-0.3, -0.25) is 0 Å². The summed E-state index contributed by atoms with van der Waals surface area (Å²) in [5.74, 6) is -0.650. The van der Waals surface area contributed by atoms with Gasteiger partial charge in [-0.15, -0.1) is 0 Å². The minimum atomic E-state index is -2.89. The molecule has 0 saturated carbocycles. The number of hydrogen-bond donors (Lipinski definition) is 1. The lowest BCUT2D eigenvalue weighted by Crippen LogP contribution is -2.44. The van der Waals surface area contributed by atoms with Crippen LogP contribution in [0.25, 0.3) is 0 Å². The van der Waals surface area contributed by atoms with Crippen LogP contribution in [-0.2, 0) is 14.6 Å². The second-order valence-corrected chi connectivity index (χ2v) is 6.81. The van der Waals surface area contributed by atoms with Gasteiger partial charge < -0.3 is 9.59 Å². The maximum atomic E-state index is 10.8. The maximum Gasteiger partial charge on any atom is 0.359 e. The summed E-state index contributed by atoms with van der Waals surface area (Å²) in [7, 11) is 0.768. The monoisotopic (exact) mass is 238 g/mol. The Morgan fingerprint density at radius 1 is 1.27 bits per heavy atom. The fourth-order valence-corrected chi connectivity index (χ4v) is 2.08. The Morgan fingerprint density at radius 2 is 1.80 bits per heavy atom. The molecule has 5 nitrogen and oxygen atoms in total. The van der Waals surface area contributed by atoms with Gasteiger partial charge in [0.05, 0.1) is 26.4 Å². The van der Waals surface area contributed by atoms with Gasteiger partial charge in [-0.05, 0) is 12.8 Å². The Kier molecular flexibility index (Phi) is 5.23. The summed E-state index contributed by atoms with van der Waals surface area (Å²) >= 11 is 0. The molecule has 0 spiro atoms. The van der Waals surface area contributed by atoms with Gasteiger partial charge in [0, 0.05) is 6.26 Å². The minimum Gasteiger partial charge on any atom is -0.477 e. The molecule has 0 saturated heterocycles. The van der Waals surface area contributed by atoms with Crippen LogP contribution in [0.1, 0.15) is 12.8 Å². The van der Waals surface area contributed by atoms with E-state index in [0.717, 1.165) is 6.42 Å². The van der Waals surface area contributed by atoms with E-state index in [1.807, 2.05) is 14.1 Å². The van der Waals surface area contributed by atoms with Gasteiger partial charge in [-0.25, -0.2) is 13.2 Å². The first kappa shape index (κ1) is 14.4. The molecule has 0 fully saturated rings. The SMILES string of the molecule is C[N+](C)(CCCCS(C)(=O)=O)CC(=O)O. The molecule has 0 aliphatic heterocycles.